The Hall–Kier alpha value is -1.53. The first-order valence-electron chi connectivity index (χ1n) is 7.58. The van der Waals surface area contributed by atoms with E-state index in [0.717, 1.165) is 11.1 Å². The Labute approximate surface area is 128 Å². The van der Waals surface area contributed by atoms with E-state index >= 15 is 0 Å². The lowest BCUT2D eigenvalue weighted by Crippen LogP contribution is -2.17. The summed E-state index contributed by atoms with van der Waals surface area (Å²) >= 11 is 0. The van der Waals surface area contributed by atoms with Crippen molar-refractivity contribution in [3.05, 3.63) is 34.4 Å². The van der Waals surface area contributed by atoms with Gasteiger partial charge in [0.2, 0.25) is 0 Å². The molecule has 0 unspecified atom stereocenters. The predicted octanol–water partition coefficient (Wildman–Crippen LogP) is 4.28. The molecule has 1 aliphatic rings. The molecule has 112 valence electrons. The Balaban J connectivity index is 2.50. The van der Waals surface area contributed by atoms with E-state index in [1.807, 2.05) is 13.0 Å². The molecule has 3 heteroatoms. The summed E-state index contributed by atoms with van der Waals surface area (Å²) < 4.78 is 4.93. The SMILES string of the molecule is COC(=O)c1cc(C#C[Si](C)(C)C)cc(C2CCC2)c1C. The fraction of sp³-hybridized carbons (Fsp3) is 0.500. The van der Waals surface area contributed by atoms with Crippen LogP contribution in [0.2, 0.25) is 19.6 Å². The van der Waals surface area contributed by atoms with Gasteiger partial charge in [-0.2, -0.15) is 0 Å². The van der Waals surface area contributed by atoms with Crippen molar-refractivity contribution in [1.82, 2.24) is 0 Å². The van der Waals surface area contributed by atoms with Crippen LogP contribution in [0.1, 0.15) is 52.2 Å². The van der Waals surface area contributed by atoms with Gasteiger partial charge in [-0.05, 0) is 48.9 Å². The van der Waals surface area contributed by atoms with Gasteiger partial charge in [0.1, 0.15) is 8.07 Å². The van der Waals surface area contributed by atoms with Crippen molar-refractivity contribution in [1.29, 1.82) is 0 Å². The Bertz CT molecular complexity index is 611. The van der Waals surface area contributed by atoms with E-state index in [2.05, 4.69) is 37.2 Å². The van der Waals surface area contributed by atoms with E-state index in [-0.39, 0.29) is 5.97 Å². The molecule has 0 heterocycles. The highest BCUT2D eigenvalue weighted by atomic mass is 28.3. The zero-order chi connectivity index (χ0) is 15.6. The molecule has 0 spiro atoms. The van der Waals surface area contributed by atoms with E-state index in [0.29, 0.717) is 11.5 Å². The van der Waals surface area contributed by atoms with Crippen molar-refractivity contribution in [2.45, 2.75) is 51.7 Å². The van der Waals surface area contributed by atoms with Crippen LogP contribution in [0.5, 0.6) is 0 Å². The van der Waals surface area contributed by atoms with Gasteiger partial charge >= 0.3 is 5.97 Å². The minimum atomic E-state index is -1.42. The number of methoxy groups -OCH3 is 1. The van der Waals surface area contributed by atoms with E-state index in [9.17, 15) is 4.79 Å². The maximum absolute atomic E-state index is 12.0. The lowest BCUT2D eigenvalue weighted by Gasteiger charge is -2.28. The largest absolute Gasteiger partial charge is 0.465 e. The molecule has 0 atom stereocenters. The Morgan fingerprint density at radius 1 is 1.29 bits per heavy atom. The number of esters is 1. The lowest BCUT2D eigenvalue weighted by atomic mass is 9.77. The molecule has 0 radical (unpaired) electrons. The fourth-order valence-corrected chi connectivity index (χ4v) is 3.05. The topological polar surface area (TPSA) is 26.3 Å². The first-order valence-corrected chi connectivity index (χ1v) is 11.1. The van der Waals surface area contributed by atoms with Gasteiger partial charge in [0.25, 0.3) is 0 Å². The molecule has 0 N–H and O–H groups in total. The van der Waals surface area contributed by atoms with Gasteiger partial charge in [0.15, 0.2) is 0 Å². The van der Waals surface area contributed by atoms with Crippen LogP contribution in [0.3, 0.4) is 0 Å². The Morgan fingerprint density at radius 2 is 1.95 bits per heavy atom. The van der Waals surface area contributed by atoms with Gasteiger partial charge in [-0.25, -0.2) is 4.79 Å². The predicted molar refractivity (Wildman–Crippen MR) is 89.3 cm³/mol. The second kappa shape index (κ2) is 6.07. The maximum atomic E-state index is 12.0. The number of rotatable bonds is 2. The number of carbonyl (C=O) groups excluding carboxylic acids is 1. The molecule has 1 saturated carbocycles. The Kier molecular flexibility index (Phi) is 4.58. The van der Waals surface area contributed by atoms with Crippen molar-refractivity contribution in [2.24, 2.45) is 0 Å². The molecule has 1 aliphatic carbocycles. The minimum Gasteiger partial charge on any atom is -0.465 e. The van der Waals surface area contributed by atoms with Crippen molar-refractivity contribution in [2.75, 3.05) is 7.11 Å². The van der Waals surface area contributed by atoms with Crippen molar-refractivity contribution >= 4 is 14.0 Å². The zero-order valence-corrected chi connectivity index (χ0v) is 14.7. The summed E-state index contributed by atoms with van der Waals surface area (Å²) in [6, 6.07) is 4.06. The molecule has 1 fully saturated rings. The summed E-state index contributed by atoms with van der Waals surface area (Å²) in [6.07, 6.45) is 3.71. The van der Waals surface area contributed by atoms with Gasteiger partial charge in [-0.3, -0.25) is 0 Å². The fourth-order valence-electron chi connectivity index (χ4n) is 2.53. The summed E-state index contributed by atoms with van der Waals surface area (Å²) in [7, 11) is 0.0131. The van der Waals surface area contributed by atoms with E-state index < -0.39 is 8.07 Å². The molecule has 0 saturated heterocycles. The summed E-state index contributed by atoms with van der Waals surface area (Å²) in [5, 5.41) is 0. The lowest BCUT2D eigenvalue weighted by molar-refractivity contribution is 0.0599. The minimum absolute atomic E-state index is 0.260. The van der Waals surface area contributed by atoms with Crippen molar-refractivity contribution < 1.29 is 9.53 Å². The van der Waals surface area contributed by atoms with Crippen LogP contribution in [-0.4, -0.2) is 21.2 Å². The van der Waals surface area contributed by atoms with Gasteiger partial charge in [0.05, 0.1) is 12.7 Å². The first-order chi connectivity index (χ1) is 9.81. The van der Waals surface area contributed by atoms with Crippen LogP contribution in [0.15, 0.2) is 12.1 Å². The summed E-state index contributed by atoms with van der Waals surface area (Å²) in [4.78, 5) is 12.0. The van der Waals surface area contributed by atoms with E-state index in [4.69, 9.17) is 4.74 Å². The molecule has 1 aromatic rings. The molecule has 0 aliphatic heterocycles. The third-order valence-corrected chi connectivity index (χ3v) is 4.86. The second-order valence-corrected chi connectivity index (χ2v) is 11.6. The highest BCUT2D eigenvalue weighted by molar-refractivity contribution is 6.83. The summed E-state index contributed by atoms with van der Waals surface area (Å²) in [5.41, 5.74) is 7.34. The normalized spacial score (nSPS) is 14.9. The Morgan fingerprint density at radius 3 is 2.43 bits per heavy atom. The highest BCUT2D eigenvalue weighted by Crippen LogP contribution is 2.39. The number of benzene rings is 1. The third-order valence-electron chi connectivity index (χ3n) is 3.98. The number of carbonyl (C=O) groups is 1. The average Bonchev–Trinajstić information content (AvgIpc) is 2.35. The van der Waals surface area contributed by atoms with Crippen LogP contribution < -0.4 is 0 Å². The molecule has 2 rings (SSSR count). The molecule has 2 nitrogen and oxygen atoms in total. The summed E-state index contributed by atoms with van der Waals surface area (Å²) in [5.74, 6) is 3.60. The second-order valence-electron chi connectivity index (χ2n) is 6.86. The molecule has 0 amide bonds. The third kappa shape index (κ3) is 3.77. The van der Waals surface area contributed by atoms with E-state index in [1.165, 1.54) is 31.9 Å². The van der Waals surface area contributed by atoms with Crippen molar-refractivity contribution in [3.8, 4) is 11.5 Å². The molecule has 21 heavy (non-hydrogen) atoms. The molecule has 1 aromatic carbocycles. The number of hydrogen-bond donors (Lipinski definition) is 0. The zero-order valence-electron chi connectivity index (χ0n) is 13.7. The average molecular weight is 300 g/mol. The smallest absolute Gasteiger partial charge is 0.338 e. The number of hydrogen-bond acceptors (Lipinski definition) is 2. The van der Waals surface area contributed by atoms with Gasteiger partial charge in [0, 0.05) is 5.56 Å². The quantitative estimate of drug-likeness (QED) is 0.463. The molecular formula is C18H24O2Si. The number of ether oxygens (including phenoxy) is 1. The highest BCUT2D eigenvalue weighted by Gasteiger charge is 2.24. The van der Waals surface area contributed by atoms with Crippen LogP contribution in [0.25, 0.3) is 0 Å². The monoisotopic (exact) mass is 300 g/mol. The van der Waals surface area contributed by atoms with Crippen LogP contribution in [0, 0.1) is 18.4 Å². The maximum Gasteiger partial charge on any atom is 0.338 e. The molecular weight excluding hydrogens is 276 g/mol. The van der Waals surface area contributed by atoms with Crippen LogP contribution >= 0.6 is 0 Å². The molecule has 0 aromatic heterocycles. The molecule has 0 bridgehead atoms. The van der Waals surface area contributed by atoms with Crippen LogP contribution in [0.4, 0.5) is 0 Å². The van der Waals surface area contributed by atoms with Gasteiger partial charge in [-0.15, -0.1) is 5.54 Å². The van der Waals surface area contributed by atoms with Gasteiger partial charge < -0.3 is 4.74 Å². The van der Waals surface area contributed by atoms with Gasteiger partial charge in [-0.1, -0.05) is 32.0 Å². The summed E-state index contributed by atoms with van der Waals surface area (Å²) in [6.45, 7) is 8.70. The van der Waals surface area contributed by atoms with Crippen molar-refractivity contribution in [3.63, 3.8) is 0 Å². The van der Waals surface area contributed by atoms with Crippen LogP contribution in [-0.2, 0) is 4.74 Å². The first kappa shape index (κ1) is 15.8. The van der Waals surface area contributed by atoms with E-state index in [1.54, 1.807) is 0 Å². The standard InChI is InChI=1S/C18H24O2Si/c1-13-16(15-7-6-8-15)11-14(9-10-21(3,4)5)12-17(13)18(19)20-2/h11-12,15H,6-8H2,1-5H3.